The zero-order valence-corrected chi connectivity index (χ0v) is 28.3. The fourth-order valence-corrected chi connectivity index (χ4v) is 6.01. The van der Waals surface area contributed by atoms with Crippen molar-refractivity contribution in [1.82, 2.24) is 0 Å². The molecular formula is C29H53BrClNO7S. The molecule has 0 spiro atoms. The number of hydrogen-bond acceptors (Lipinski definition) is 7. The topological polar surface area (TPSA) is 128 Å². The minimum atomic E-state index is -3.90. The summed E-state index contributed by atoms with van der Waals surface area (Å²) in [6.07, 6.45) is 7.19. The van der Waals surface area contributed by atoms with E-state index in [1.165, 1.54) is 12.0 Å². The van der Waals surface area contributed by atoms with Gasteiger partial charge in [-0.3, -0.25) is 4.55 Å². The van der Waals surface area contributed by atoms with Gasteiger partial charge in [0.05, 0.1) is 24.6 Å². The lowest BCUT2D eigenvalue weighted by molar-refractivity contribution is 0.148. The molecule has 236 valence electrons. The number of rotatable bonds is 15. The van der Waals surface area contributed by atoms with Gasteiger partial charge in [-0.25, -0.2) is 0 Å². The van der Waals surface area contributed by atoms with Crippen LogP contribution in [0.2, 0.25) is 0 Å². The van der Waals surface area contributed by atoms with E-state index < -0.39 is 21.0 Å². The maximum Gasteiger partial charge on any atom is 0.270 e. The van der Waals surface area contributed by atoms with Crippen molar-refractivity contribution in [3.05, 3.63) is 23.8 Å². The van der Waals surface area contributed by atoms with Gasteiger partial charge in [0.2, 0.25) is 0 Å². The van der Waals surface area contributed by atoms with E-state index in [1.54, 1.807) is 28.1 Å². The third-order valence-electron chi connectivity index (χ3n) is 7.90. The van der Waals surface area contributed by atoms with Crippen molar-refractivity contribution >= 4 is 38.5 Å². The molecule has 0 bridgehead atoms. The molecule has 40 heavy (non-hydrogen) atoms. The molecule has 1 aliphatic carbocycles. The Labute approximate surface area is 257 Å². The Kier molecular flexibility index (Phi) is 19.2. The summed E-state index contributed by atoms with van der Waals surface area (Å²) in [5.74, 6) is 2.47. The van der Waals surface area contributed by atoms with Gasteiger partial charge < -0.3 is 25.1 Å². The third kappa shape index (κ3) is 13.1. The average molecular weight is 675 g/mol. The first-order chi connectivity index (χ1) is 18.3. The summed E-state index contributed by atoms with van der Waals surface area (Å²) < 4.78 is 46.7. The Morgan fingerprint density at radius 2 is 1.73 bits per heavy atom. The molecule has 1 aliphatic rings. The van der Waals surface area contributed by atoms with Gasteiger partial charge in [-0.2, -0.15) is 8.42 Å². The number of hydrogen-bond donors (Lipinski definition) is 3. The highest BCUT2D eigenvalue weighted by molar-refractivity contribution is 9.09. The van der Waals surface area contributed by atoms with E-state index in [0.717, 1.165) is 56.4 Å². The first-order valence-corrected chi connectivity index (χ1v) is 16.6. The van der Waals surface area contributed by atoms with E-state index in [0.29, 0.717) is 30.4 Å². The van der Waals surface area contributed by atoms with E-state index in [1.807, 2.05) is 12.1 Å². The molecule has 8 nitrogen and oxygen atoms in total. The van der Waals surface area contributed by atoms with Crippen molar-refractivity contribution < 1.29 is 32.3 Å². The fraction of sp³-hybridized carbons (Fsp3) is 0.793. The van der Waals surface area contributed by atoms with Gasteiger partial charge >= 0.3 is 0 Å². The van der Waals surface area contributed by atoms with E-state index >= 15 is 0 Å². The van der Waals surface area contributed by atoms with Gasteiger partial charge in [0.1, 0.15) is 0 Å². The summed E-state index contributed by atoms with van der Waals surface area (Å²) in [5, 5.41) is 10.5. The molecule has 0 radical (unpaired) electrons. The summed E-state index contributed by atoms with van der Waals surface area (Å²) >= 11 is 3.30. The van der Waals surface area contributed by atoms with Crippen molar-refractivity contribution in [3.8, 4) is 11.5 Å². The molecule has 1 aromatic rings. The molecule has 1 fully saturated rings. The quantitative estimate of drug-likeness (QED) is 0.117. The molecule has 0 saturated heterocycles. The highest BCUT2D eigenvalue weighted by Gasteiger charge is 2.40. The number of aliphatic hydroxyl groups is 1. The number of alkyl halides is 1. The normalized spacial score (nSPS) is 16.8. The van der Waals surface area contributed by atoms with Crippen molar-refractivity contribution in [2.45, 2.75) is 96.0 Å². The number of aliphatic hydroxyl groups excluding tert-OH is 1. The molecule has 0 aliphatic heterocycles. The number of benzene rings is 1. The summed E-state index contributed by atoms with van der Waals surface area (Å²) in [6, 6.07) is 5.84. The maximum atomic E-state index is 11.1. The summed E-state index contributed by atoms with van der Waals surface area (Å²) in [7, 11) is -0.570. The second-order valence-electron chi connectivity index (χ2n) is 11.4. The van der Waals surface area contributed by atoms with Gasteiger partial charge in [0, 0.05) is 31.5 Å². The predicted molar refractivity (Wildman–Crippen MR) is 169 cm³/mol. The lowest BCUT2D eigenvalue weighted by Gasteiger charge is -2.34. The van der Waals surface area contributed by atoms with Crippen LogP contribution in [0.25, 0.3) is 0 Å². The Morgan fingerprint density at radius 1 is 1.10 bits per heavy atom. The third-order valence-corrected chi connectivity index (χ3v) is 10.2. The van der Waals surface area contributed by atoms with Crippen LogP contribution < -0.4 is 15.2 Å². The molecule has 4 N–H and O–H groups in total. The lowest BCUT2D eigenvalue weighted by Crippen LogP contribution is -2.40. The minimum Gasteiger partial charge on any atom is -0.493 e. The van der Waals surface area contributed by atoms with E-state index in [4.69, 9.17) is 24.5 Å². The monoisotopic (exact) mass is 673 g/mol. The van der Waals surface area contributed by atoms with Crippen LogP contribution in [-0.2, 0) is 21.3 Å². The first-order valence-electron chi connectivity index (χ1n) is 14.0. The largest absolute Gasteiger partial charge is 0.493 e. The zero-order valence-electron chi connectivity index (χ0n) is 25.1. The summed E-state index contributed by atoms with van der Waals surface area (Å²) in [6.45, 7) is 8.90. The Morgan fingerprint density at radius 3 is 2.23 bits per heavy atom. The maximum absolute atomic E-state index is 11.1. The molecule has 0 amide bonds. The van der Waals surface area contributed by atoms with Crippen LogP contribution in [0.1, 0.15) is 78.2 Å². The number of nitrogens with two attached hydrogens (primary N) is 1. The van der Waals surface area contributed by atoms with Crippen molar-refractivity contribution in [2.75, 3.05) is 32.8 Å². The highest BCUT2D eigenvalue weighted by atomic mass is 79.9. The van der Waals surface area contributed by atoms with Gasteiger partial charge in [0.15, 0.2) is 11.5 Å². The molecule has 1 aromatic carbocycles. The standard InChI is InChI=1S/C20H34BrNO4.C9H18O3S.ClH/c1-14(2)16(12-17(22)18(23)13-21)10-15-6-7-19(25-4)20(11-15)26-9-5-8-24-3;1-9(2,13(10,11)12)8-6-4-3-5-7-8;/h6-7,11,14,16-18,23H,5,8-10,12-13,22H2,1-4H3;8H,3-7H2,1-2H3,(H,10,11,12);1H/t16-,17-,18+;;/m0../s1. The summed E-state index contributed by atoms with van der Waals surface area (Å²) in [5.41, 5.74) is 7.34. The van der Waals surface area contributed by atoms with Crippen LogP contribution >= 0.6 is 28.3 Å². The van der Waals surface area contributed by atoms with Crippen LogP contribution in [0.4, 0.5) is 0 Å². The van der Waals surface area contributed by atoms with Crippen LogP contribution in [0.5, 0.6) is 11.5 Å². The lowest BCUT2D eigenvalue weighted by atomic mass is 9.81. The molecule has 11 heteroatoms. The predicted octanol–water partition coefficient (Wildman–Crippen LogP) is 6.05. The molecule has 2 rings (SSSR count). The van der Waals surface area contributed by atoms with Crippen molar-refractivity contribution in [2.24, 2.45) is 23.5 Å². The average Bonchev–Trinajstić information content (AvgIpc) is 2.90. The number of halogens is 2. The van der Waals surface area contributed by atoms with Gasteiger partial charge in [-0.05, 0) is 75.0 Å². The Bertz CT molecular complexity index is 927. The molecule has 0 unspecified atom stereocenters. The molecule has 0 aromatic heterocycles. The number of ether oxygens (including phenoxy) is 3. The second kappa shape index (κ2) is 19.5. The Hall–Kier alpha value is -0.620. The molecular weight excluding hydrogens is 622 g/mol. The molecule has 3 atom stereocenters. The molecule has 0 heterocycles. The van der Waals surface area contributed by atoms with E-state index in [9.17, 15) is 13.5 Å². The van der Waals surface area contributed by atoms with Crippen LogP contribution in [0.15, 0.2) is 18.2 Å². The van der Waals surface area contributed by atoms with Crippen molar-refractivity contribution in [1.29, 1.82) is 0 Å². The highest BCUT2D eigenvalue weighted by Crippen LogP contribution is 2.36. The zero-order chi connectivity index (χ0) is 29.6. The SMILES string of the molecule is CC(C)(C1CCCCC1)S(=O)(=O)O.COCCCOc1cc(C[C@@H](C[C@H](N)[C@H](O)CBr)C(C)C)ccc1OC.Cl. The minimum absolute atomic E-state index is 0. The second-order valence-corrected chi connectivity index (χ2v) is 14.1. The van der Waals surface area contributed by atoms with Gasteiger partial charge in [-0.1, -0.05) is 55.1 Å². The van der Waals surface area contributed by atoms with Crippen molar-refractivity contribution in [3.63, 3.8) is 0 Å². The smallest absolute Gasteiger partial charge is 0.270 e. The first kappa shape index (κ1) is 39.4. The van der Waals surface area contributed by atoms with E-state index in [2.05, 4.69) is 35.8 Å². The summed E-state index contributed by atoms with van der Waals surface area (Å²) in [4.78, 5) is 0. The fourth-order valence-electron chi connectivity index (χ4n) is 4.87. The van der Waals surface area contributed by atoms with Crippen LogP contribution in [0.3, 0.4) is 0 Å². The van der Waals surface area contributed by atoms with Gasteiger partial charge in [0.25, 0.3) is 10.1 Å². The van der Waals surface area contributed by atoms with E-state index in [-0.39, 0.29) is 24.4 Å². The van der Waals surface area contributed by atoms with Crippen LogP contribution in [-0.4, -0.2) is 67.7 Å². The Balaban J connectivity index is 0.000000912. The van der Waals surface area contributed by atoms with Crippen LogP contribution in [0, 0.1) is 17.8 Å². The molecule has 1 saturated carbocycles. The van der Waals surface area contributed by atoms with Gasteiger partial charge in [-0.15, -0.1) is 12.4 Å². The number of methoxy groups -OCH3 is 2.